The van der Waals surface area contributed by atoms with Crippen molar-refractivity contribution in [3.63, 3.8) is 0 Å². The number of nitrogens with one attached hydrogen (secondary N) is 1. The molecule has 17 heavy (non-hydrogen) atoms. The van der Waals surface area contributed by atoms with Gasteiger partial charge in [0.1, 0.15) is 6.33 Å². The summed E-state index contributed by atoms with van der Waals surface area (Å²) in [5.74, 6) is 0. The lowest BCUT2D eigenvalue weighted by molar-refractivity contribution is -0.384. The summed E-state index contributed by atoms with van der Waals surface area (Å²) >= 11 is 1.30. The van der Waals surface area contributed by atoms with E-state index >= 15 is 0 Å². The molecule has 7 heteroatoms. The summed E-state index contributed by atoms with van der Waals surface area (Å²) in [4.78, 5) is 14.1. The molecule has 2 aromatic rings. The molecule has 0 amide bonds. The van der Waals surface area contributed by atoms with Crippen molar-refractivity contribution < 1.29 is 4.92 Å². The van der Waals surface area contributed by atoms with Crippen molar-refractivity contribution in [3.8, 4) is 0 Å². The standard InChI is InChI=1S/C10H10N4O2S/c15-14(16)9-3-1-8(2-4-9)5-6-11-10-12-7-13-17-10/h1-4,7H,5-6H2,(H,11,12,13). The molecule has 0 aliphatic carbocycles. The number of nitrogens with zero attached hydrogens (tertiary/aromatic N) is 3. The Labute approximate surface area is 102 Å². The number of nitro benzene ring substituents is 1. The molecule has 0 radical (unpaired) electrons. The van der Waals surface area contributed by atoms with Crippen LogP contribution in [0.5, 0.6) is 0 Å². The molecule has 88 valence electrons. The fraction of sp³-hybridized carbons (Fsp3) is 0.200. The first-order valence-electron chi connectivity index (χ1n) is 4.99. The summed E-state index contributed by atoms with van der Waals surface area (Å²) in [6.45, 7) is 0.729. The maximum Gasteiger partial charge on any atom is 0.269 e. The normalized spacial score (nSPS) is 10.1. The molecule has 0 saturated carbocycles. The molecule has 0 bridgehead atoms. The second-order valence-electron chi connectivity index (χ2n) is 3.35. The van der Waals surface area contributed by atoms with Crippen LogP contribution < -0.4 is 5.32 Å². The SMILES string of the molecule is O=[N+]([O-])c1ccc(CCNc2ncns2)cc1. The summed E-state index contributed by atoms with van der Waals surface area (Å²) < 4.78 is 3.87. The quantitative estimate of drug-likeness (QED) is 0.649. The van der Waals surface area contributed by atoms with E-state index in [0.717, 1.165) is 23.7 Å². The maximum atomic E-state index is 10.5. The largest absolute Gasteiger partial charge is 0.360 e. The number of nitro groups is 1. The summed E-state index contributed by atoms with van der Waals surface area (Å²) in [6, 6.07) is 6.56. The van der Waals surface area contributed by atoms with Crippen molar-refractivity contribution >= 4 is 22.4 Å². The van der Waals surface area contributed by atoms with Crippen LogP contribution in [0.2, 0.25) is 0 Å². The summed E-state index contributed by atoms with van der Waals surface area (Å²) in [5, 5.41) is 14.4. The number of benzene rings is 1. The predicted octanol–water partition coefficient (Wildman–Crippen LogP) is 2.10. The van der Waals surface area contributed by atoms with Gasteiger partial charge >= 0.3 is 0 Å². The molecule has 2 rings (SSSR count). The molecule has 1 aromatic carbocycles. The number of aromatic nitrogens is 2. The van der Waals surface area contributed by atoms with Crippen molar-refractivity contribution in [1.29, 1.82) is 0 Å². The third-order valence-electron chi connectivity index (χ3n) is 2.20. The molecule has 0 aliphatic heterocycles. The zero-order valence-corrected chi connectivity index (χ0v) is 9.68. The van der Waals surface area contributed by atoms with E-state index in [0.29, 0.717) is 0 Å². The lowest BCUT2D eigenvalue weighted by atomic mass is 10.1. The number of non-ortho nitro benzene ring substituents is 1. The van der Waals surface area contributed by atoms with Crippen LogP contribution in [0.1, 0.15) is 5.56 Å². The summed E-state index contributed by atoms with van der Waals surface area (Å²) in [6.07, 6.45) is 2.29. The first kappa shape index (κ1) is 11.5. The van der Waals surface area contributed by atoms with Gasteiger partial charge in [0.15, 0.2) is 0 Å². The molecular weight excluding hydrogens is 240 g/mol. The number of hydrogen-bond acceptors (Lipinski definition) is 6. The van der Waals surface area contributed by atoms with E-state index in [2.05, 4.69) is 14.7 Å². The van der Waals surface area contributed by atoms with Gasteiger partial charge in [-0.05, 0) is 12.0 Å². The number of rotatable bonds is 5. The Morgan fingerprint density at radius 2 is 2.12 bits per heavy atom. The van der Waals surface area contributed by atoms with Gasteiger partial charge in [-0.1, -0.05) is 12.1 Å². The fourth-order valence-electron chi connectivity index (χ4n) is 1.35. The highest BCUT2D eigenvalue weighted by Crippen LogP contribution is 2.12. The Kier molecular flexibility index (Phi) is 3.61. The minimum atomic E-state index is -0.400. The third kappa shape index (κ3) is 3.22. The third-order valence-corrected chi connectivity index (χ3v) is 2.82. The average molecular weight is 250 g/mol. The minimum absolute atomic E-state index is 0.117. The molecule has 0 saturated heterocycles. The van der Waals surface area contributed by atoms with E-state index in [-0.39, 0.29) is 5.69 Å². The highest BCUT2D eigenvalue weighted by atomic mass is 32.1. The van der Waals surface area contributed by atoms with E-state index < -0.39 is 4.92 Å². The zero-order valence-electron chi connectivity index (χ0n) is 8.87. The molecule has 0 spiro atoms. The molecular formula is C10H10N4O2S. The van der Waals surface area contributed by atoms with Gasteiger partial charge in [-0.3, -0.25) is 10.1 Å². The van der Waals surface area contributed by atoms with Crippen LogP contribution in [0.25, 0.3) is 0 Å². The van der Waals surface area contributed by atoms with Crippen molar-refractivity contribution in [2.75, 3.05) is 11.9 Å². The van der Waals surface area contributed by atoms with Crippen LogP contribution in [0.3, 0.4) is 0 Å². The van der Waals surface area contributed by atoms with E-state index in [4.69, 9.17) is 0 Å². The van der Waals surface area contributed by atoms with E-state index in [9.17, 15) is 10.1 Å². The highest BCUT2D eigenvalue weighted by Gasteiger charge is 2.03. The van der Waals surface area contributed by atoms with E-state index in [1.807, 2.05) is 0 Å². The topological polar surface area (TPSA) is 81.0 Å². The second-order valence-corrected chi connectivity index (χ2v) is 4.13. The van der Waals surface area contributed by atoms with Gasteiger partial charge in [0.25, 0.3) is 5.69 Å². The Morgan fingerprint density at radius 3 is 2.71 bits per heavy atom. The van der Waals surface area contributed by atoms with Crippen molar-refractivity contribution in [2.24, 2.45) is 0 Å². The van der Waals surface area contributed by atoms with Crippen molar-refractivity contribution in [1.82, 2.24) is 9.36 Å². The smallest absolute Gasteiger partial charge is 0.269 e. The highest BCUT2D eigenvalue weighted by molar-refractivity contribution is 7.09. The lowest BCUT2D eigenvalue weighted by Crippen LogP contribution is -2.04. The Hall–Kier alpha value is -2.02. The van der Waals surface area contributed by atoms with Crippen LogP contribution in [0, 0.1) is 10.1 Å². The Morgan fingerprint density at radius 1 is 1.35 bits per heavy atom. The monoisotopic (exact) mass is 250 g/mol. The first-order valence-corrected chi connectivity index (χ1v) is 5.77. The zero-order chi connectivity index (χ0) is 12.1. The fourth-order valence-corrected chi connectivity index (χ4v) is 1.80. The number of hydrogen-bond donors (Lipinski definition) is 1. The molecule has 0 fully saturated rings. The molecule has 1 heterocycles. The summed E-state index contributed by atoms with van der Waals surface area (Å²) in [5.41, 5.74) is 1.17. The molecule has 1 aromatic heterocycles. The Balaban J connectivity index is 1.85. The maximum absolute atomic E-state index is 10.5. The van der Waals surface area contributed by atoms with Crippen LogP contribution in [0.4, 0.5) is 10.8 Å². The predicted molar refractivity (Wildman–Crippen MR) is 65.2 cm³/mol. The number of anilines is 1. The Bertz CT molecular complexity index is 484. The van der Waals surface area contributed by atoms with Gasteiger partial charge in [-0.2, -0.15) is 4.37 Å². The van der Waals surface area contributed by atoms with Crippen LogP contribution in [-0.2, 0) is 6.42 Å². The average Bonchev–Trinajstić information content (AvgIpc) is 2.83. The van der Waals surface area contributed by atoms with Gasteiger partial charge in [0.05, 0.1) is 4.92 Å². The minimum Gasteiger partial charge on any atom is -0.360 e. The van der Waals surface area contributed by atoms with Crippen molar-refractivity contribution in [3.05, 3.63) is 46.3 Å². The van der Waals surface area contributed by atoms with Gasteiger partial charge in [-0.25, -0.2) is 4.98 Å². The van der Waals surface area contributed by atoms with Crippen molar-refractivity contribution in [2.45, 2.75) is 6.42 Å². The van der Waals surface area contributed by atoms with E-state index in [1.165, 1.54) is 30.0 Å². The van der Waals surface area contributed by atoms with Crippen LogP contribution >= 0.6 is 11.5 Å². The molecule has 0 unspecified atom stereocenters. The van der Waals surface area contributed by atoms with Gasteiger partial charge in [-0.15, -0.1) is 0 Å². The summed E-state index contributed by atoms with van der Waals surface area (Å²) in [7, 11) is 0. The van der Waals surface area contributed by atoms with Crippen LogP contribution in [-0.4, -0.2) is 20.8 Å². The molecule has 0 atom stereocenters. The van der Waals surface area contributed by atoms with Gasteiger partial charge in [0.2, 0.25) is 5.13 Å². The van der Waals surface area contributed by atoms with Crippen LogP contribution in [0.15, 0.2) is 30.6 Å². The van der Waals surface area contributed by atoms with Gasteiger partial charge in [0, 0.05) is 30.2 Å². The van der Waals surface area contributed by atoms with E-state index in [1.54, 1.807) is 12.1 Å². The molecule has 6 nitrogen and oxygen atoms in total. The molecule has 1 N–H and O–H groups in total. The lowest BCUT2D eigenvalue weighted by Gasteiger charge is -2.02. The molecule has 0 aliphatic rings. The second kappa shape index (κ2) is 5.35. The first-order chi connectivity index (χ1) is 8.25. The van der Waals surface area contributed by atoms with Gasteiger partial charge < -0.3 is 5.32 Å².